The van der Waals surface area contributed by atoms with E-state index in [1.807, 2.05) is 30.3 Å². The number of hydrogen-bond acceptors (Lipinski definition) is 5. The highest BCUT2D eigenvalue weighted by Gasteiger charge is 2.04. The minimum Gasteiger partial charge on any atom is -0.508 e. The second kappa shape index (κ2) is 5.36. The lowest BCUT2D eigenvalue weighted by Crippen LogP contribution is -1.98. The van der Waals surface area contributed by atoms with E-state index in [1.54, 1.807) is 18.3 Å². The van der Waals surface area contributed by atoms with Gasteiger partial charge in [0.2, 0.25) is 5.95 Å². The molecule has 98 valence electrons. The zero-order valence-electron chi connectivity index (χ0n) is 10.6. The van der Waals surface area contributed by atoms with Gasteiger partial charge in [-0.2, -0.15) is 0 Å². The van der Waals surface area contributed by atoms with Crippen molar-refractivity contribution < 1.29 is 5.11 Å². The fourth-order valence-electron chi connectivity index (χ4n) is 1.77. The summed E-state index contributed by atoms with van der Waals surface area (Å²) in [7, 11) is 0. The molecular formula is C15H12N4O. The Balaban J connectivity index is 1.90. The van der Waals surface area contributed by atoms with Crippen LogP contribution in [0.3, 0.4) is 0 Å². The Bertz CT molecular complexity index is 716. The number of hydrogen-bond donors (Lipinski definition) is 2. The highest BCUT2D eigenvalue weighted by atomic mass is 16.3. The molecule has 5 heteroatoms. The van der Waals surface area contributed by atoms with Gasteiger partial charge >= 0.3 is 0 Å². The first kappa shape index (κ1) is 12.1. The van der Waals surface area contributed by atoms with Gasteiger partial charge in [-0.15, -0.1) is 0 Å². The van der Waals surface area contributed by atoms with E-state index >= 15 is 0 Å². The zero-order chi connectivity index (χ0) is 13.8. The van der Waals surface area contributed by atoms with Crippen LogP contribution in [0, 0.1) is 0 Å². The predicted molar refractivity (Wildman–Crippen MR) is 76.7 cm³/mol. The van der Waals surface area contributed by atoms with Crippen LogP contribution in [0.15, 0.2) is 60.9 Å². The highest BCUT2D eigenvalue weighted by Crippen LogP contribution is 2.20. The molecule has 0 atom stereocenters. The SMILES string of the molecule is Oc1ccnc(-c2ccnc(Nc3ccccc3)n2)c1. The van der Waals surface area contributed by atoms with Gasteiger partial charge in [-0.1, -0.05) is 18.2 Å². The molecule has 3 aromatic rings. The van der Waals surface area contributed by atoms with Crippen molar-refractivity contribution in [3.05, 3.63) is 60.9 Å². The van der Waals surface area contributed by atoms with Crippen LogP contribution in [-0.2, 0) is 0 Å². The zero-order valence-corrected chi connectivity index (χ0v) is 10.6. The molecule has 0 aliphatic rings. The van der Waals surface area contributed by atoms with Gasteiger partial charge in [0.25, 0.3) is 0 Å². The van der Waals surface area contributed by atoms with Crippen LogP contribution in [0.25, 0.3) is 11.4 Å². The molecule has 2 aromatic heterocycles. The molecule has 2 heterocycles. The smallest absolute Gasteiger partial charge is 0.227 e. The maximum absolute atomic E-state index is 9.48. The number of aromatic hydroxyl groups is 1. The number of rotatable bonds is 3. The Kier molecular flexibility index (Phi) is 3.24. The highest BCUT2D eigenvalue weighted by molar-refractivity contribution is 5.59. The Morgan fingerprint density at radius 3 is 2.45 bits per heavy atom. The molecule has 0 aliphatic carbocycles. The lowest BCUT2D eigenvalue weighted by atomic mass is 10.2. The molecule has 3 rings (SSSR count). The molecular weight excluding hydrogens is 252 g/mol. The van der Waals surface area contributed by atoms with E-state index in [1.165, 1.54) is 12.3 Å². The largest absolute Gasteiger partial charge is 0.508 e. The Hall–Kier alpha value is -2.95. The van der Waals surface area contributed by atoms with Gasteiger partial charge in [-0.25, -0.2) is 9.97 Å². The third-order valence-corrected chi connectivity index (χ3v) is 2.69. The minimum absolute atomic E-state index is 0.159. The fraction of sp³-hybridized carbons (Fsp3) is 0. The number of nitrogens with one attached hydrogen (secondary N) is 1. The molecule has 0 bridgehead atoms. The third-order valence-electron chi connectivity index (χ3n) is 2.69. The van der Waals surface area contributed by atoms with E-state index in [-0.39, 0.29) is 5.75 Å². The molecule has 5 nitrogen and oxygen atoms in total. The number of nitrogens with zero attached hydrogens (tertiary/aromatic N) is 3. The van der Waals surface area contributed by atoms with Crippen LogP contribution in [0.2, 0.25) is 0 Å². The summed E-state index contributed by atoms with van der Waals surface area (Å²) in [6, 6.07) is 14.5. The Morgan fingerprint density at radius 2 is 1.65 bits per heavy atom. The van der Waals surface area contributed by atoms with E-state index in [2.05, 4.69) is 20.3 Å². The summed E-state index contributed by atoms with van der Waals surface area (Å²) in [5, 5.41) is 12.6. The van der Waals surface area contributed by atoms with Crippen molar-refractivity contribution in [2.24, 2.45) is 0 Å². The second-order valence-corrected chi connectivity index (χ2v) is 4.16. The first-order chi connectivity index (χ1) is 9.81. The standard InChI is InChI=1S/C15H12N4O/c20-12-6-8-16-14(10-12)13-7-9-17-15(19-13)18-11-4-2-1-3-5-11/h1-10H,(H,16,20)(H,17,18,19). The summed E-state index contributed by atoms with van der Waals surface area (Å²) in [6.45, 7) is 0. The number of aromatic nitrogens is 3. The quantitative estimate of drug-likeness (QED) is 0.761. The first-order valence-electron chi connectivity index (χ1n) is 6.12. The average molecular weight is 264 g/mol. The third kappa shape index (κ3) is 2.72. The normalized spacial score (nSPS) is 10.2. The lowest BCUT2D eigenvalue weighted by Gasteiger charge is -2.06. The van der Waals surface area contributed by atoms with Crippen molar-refractivity contribution in [1.82, 2.24) is 15.0 Å². The molecule has 0 saturated carbocycles. The molecule has 2 N–H and O–H groups in total. The summed E-state index contributed by atoms with van der Waals surface area (Å²) in [5.74, 6) is 0.644. The van der Waals surface area contributed by atoms with Gasteiger partial charge < -0.3 is 10.4 Å². The van der Waals surface area contributed by atoms with Crippen LogP contribution >= 0.6 is 0 Å². The van der Waals surface area contributed by atoms with Gasteiger partial charge in [0.15, 0.2) is 0 Å². The number of benzene rings is 1. The van der Waals surface area contributed by atoms with Crippen LogP contribution in [0.5, 0.6) is 5.75 Å². The fourth-order valence-corrected chi connectivity index (χ4v) is 1.77. The molecule has 0 unspecified atom stereocenters. The van der Waals surface area contributed by atoms with Crippen molar-refractivity contribution in [2.75, 3.05) is 5.32 Å². The molecule has 0 radical (unpaired) electrons. The Morgan fingerprint density at radius 1 is 0.850 bits per heavy atom. The number of pyridine rings is 1. The van der Waals surface area contributed by atoms with Crippen molar-refractivity contribution in [3.8, 4) is 17.1 Å². The topological polar surface area (TPSA) is 70.9 Å². The Labute approximate surface area is 116 Å². The second-order valence-electron chi connectivity index (χ2n) is 4.16. The molecule has 0 fully saturated rings. The van der Waals surface area contributed by atoms with Crippen LogP contribution in [-0.4, -0.2) is 20.1 Å². The van der Waals surface area contributed by atoms with E-state index in [0.29, 0.717) is 17.3 Å². The molecule has 20 heavy (non-hydrogen) atoms. The average Bonchev–Trinajstić information content (AvgIpc) is 2.49. The summed E-state index contributed by atoms with van der Waals surface area (Å²) in [4.78, 5) is 12.7. The van der Waals surface area contributed by atoms with Crippen molar-refractivity contribution in [1.29, 1.82) is 0 Å². The van der Waals surface area contributed by atoms with Gasteiger partial charge in [0.1, 0.15) is 5.75 Å². The van der Waals surface area contributed by atoms with Crippen molar-refractivity contribution in [3.63, 3.8) is 0 Å². The summed E-state index contributed by atoms with van der Waals surface area (Å²) >= 11 is 0. The van der Waals surface area contributed by atoms with E-state index < -0.39 is 0 Å². The van der Waals surface area contributed by atoms with Crippen LogP contribution < -0.4 is 5.32 Å². The maximum Gasteiger partial charge on any atom is 0.227 e. The summed E-state index contributed by atoms with van der Waals surface area (Å²) in [5.41, 5.74) is 2.16. The molecule has 1 aromatic carbocycles. The van der Waals surface area contributed by atoms with E-state index in [0.717, 1.165) is 5.69 Å². The van der Waals surface area contributed by atoms with E-state index in [4.69, 9.17) is 0 Å². The molecule has 0 amide bonds. The molecule has 0 spiro atoms. The van der Waals surface area contributed by atoms with Gasteiger partial charge in [-0.05, 0) is 24.3 Å². The van der Waals surface area contributed by atoms with Gasteiger partial charge in [0.05, 0.1) is 11.4 Å². The predicted octanol–water partition coefficient (Wildman–Crippen LogP) is 2.99. The van der Waals surface area contributed by atoms with Crippen LogP contribution in [0.1, 0.15) is 0 Å². The number of anilines is 2. The number of para-hydroxylation sites is 1. The lowest BCUT2D eigenvalue weighted by molar-refractivity contribution is 0.475. The van der Waals surface area contributed by atoms with Crippen molar-refractivity contribution in [2.45, 2.75) is 0 Å². The van der Waals surface area contributed by atoms with Crippen LogP contribution in [0.4, 0.5) is 11.6 Å². The summed E-state index contributed by atoms with van der Waals surface area (Å²) in [6.07, 6.45) is 3.19. The summed E-state index contributed by atoms with van der Waals surface area (Å²) < 4.78 is 0. The molecule has 0 aliphatic heterocycles. The maximum atomic E-state index is 9.48. The molecule has 0 saturated heterocycles. The monoisotopic (exact) mass is 264 g/mol. The van der Waals surface area contributed by atoms with Gasteiger partial charge in [-0.3, -0.25) is 4.98 Å². The van der Waals surface area contributed by atoms with E-state index in [9.17, 15) is 5.11 Å². The minimum atomic E-state index is 0.159. The first-order valence-corrected chi connectivity index (χ1v) is 6.12. The van der Waals surface area contributed by atoms with Crippen molar-refractivity contribution >= 4 is 11.6 Å². The van der Waals surface area contributed by atoms with Gasteiger partial charge in [0, 0.05) is 24.1 Å².